The van der Waals surface area contributed by atoms with E-state index in [0.29, 0.717) is 27.6 Å². The van der Waals surface area contributed by atoms with Crippen molar-refractivity contribution in [2.75, 3.05) is 5.32 Å². The molecule has 3 N–H and O–H groups in total. The molecule has 0 aliphatic carbocycles. The van der Waals surface area contributed by atoms with Gasteiger partial charge in [-0.25, -0.2) is 0 Å². The Hall–Kier alpha value is -2.97. The standard InChI is InChI=1S/C20H19ClN4O3S/c1-10-6-11(2)8-14(7-10)23-19(26)17-12(3)22-20(29)24-18(17)13-4-5-15(21)16(9-13)25(27)28/h4-9,18H,1-3H3,(H,23,26)(H2,22,24,29)/t18-/m1/s1. The van der Waals surface area contributed by atoms with Crippen LogP contribution in [0.15, 0.2) is 47.7 Å². The number of halogens is 1. The summed E-state index contributed by atoms with van der Waals surface area (Å²) in [6.45, 7) is 5.64. The van der Waals surface area contributed by atoms with E-state index >= 15 is 0 Å². The molecule has 0 spiro atoms. The summed E-state index contributed by atoms with van der Waals surface area (Å²) in [4.78, 5) is 23.8. The fourth-order valence-corrected chi connectivity index (χ4v) is 3.80. The van der Waals surface area contributed by atoms with Crippen LogP contribution in [0.4, 0.5) is 11.4 Å². The molecule has 0 saturated carbocycles. The lowest BCUT2D eigenvalue weighted by atomic mass is 9.94. The van der Waals surface area contributed by atoms with Crippen LogP contribution in [0.3, 0.4) is 0 Å². The topological polar surface area (TPSA) is 96.3 Å². The van der Waals surface area contributed by atoms with E-state index in [1.54, 1.807) is 13.0 Å². The fourth-order valence-electron chi connectivity index (χ4n) is 3.34. The minimum Gasteiger partial charge on any atom is -0.351 e. The number of rotatable bonds is 4. The molecule has 3 rings (SSSR count). The average Bonchev–Trinajstić information content (AvgIpc) is 2.60. The highest BCUT2D eigenvalue weighted by atomic mass is 35.5. The molecule has 1 aliphatic heterocycles. The van der Waals surface area contributed by atoms with Crippen molar-refractivity contribution in [1.29, 1.82) is 0 Å². The number of thiocarbonyl (C=S) groups is 1. The molecule has 9 heteroatoms. The normalized spacial score (nSPS) is 16.1. The monoisotopic (exact) mass is 430 g/mol. The second-order valence-electron chi connectivity index (χ2n) is 6.87. The number of hydrogen-bond acceptors (Lipinski definition) is 4. The first-order valence-electron chi connectivity index (χ1n) is 8.77. The maximum Gasteiger partial charge on any atom is 0.288 e. The zero-order valence-electron chi connectivity index (χ0n) is 16.0. The van der Waals surface area contributed by atoms with E-state index in [9.17, 15) is 14.9 Å². The van der Waals surface area contributed by atoms with Crippen LogP contribution in [0, 0.1) is 24.0 Å². The van der Waals surface area contributed by atoms with Gasteiger partial charge in [-0.2, -0.15) is 0 Å². The zero-order chi connectivity index (χ0) is 21.3. The SMILES string of the molecule is CC1=C(C(=O)Nc2cc(C)cc(C)c2)[C@@H](c2ccc(Cl)c([N+](=O)[O-])c2)NC(=S)N1. The molecule has 1 amide bonds. The van der Waals surface area contributed by atoms with Crippen LogP contribution in [0.2, 0.25) is 5.02 Å². The van der Waals surface area contributed by atoms with Crippen LogP contribution >= 0.6 is 23.8 Å². The number of benzene rings is 2. The molecule has 0 bridgehead atoms. The summed E-state index contributed by atoms with van der Waals surface area (Å²) in [5, 5.41) is 20.5. The first-order chi connectivity index (χ1) is 13.7. The van der Waals surface area contributed by atoms with Crippen molar-refractivity contribution in [1.82, 2.24) is 10.6 Å². The van der Waals surface area contributed by atoms with Crippen LogP contribution in [0.25, 0.3) is 0 Å². The van der Waals surface area contributed by atoms with Crippen molar-refractivity contribution in [2.45, 2.75) is 26.8 Å². The molecule has 1 aliphatic rings. The van der Waals surface area contributed by atoms with Gasteiger partial charge < -0.3 is 16.0 Å². The molecular weight excluding hydrogens is 412 g/mol. The lowest BCUT2D eigenvalue weighted by Crippen LogP contribution is -2.45. The van der Waals surface area contributed by atoms with Gasteiger partial charge in [0.2, 0.25) is 0 Å². The van der Waals surface area contributed by atoms with Gasteiger partial charge >= 0.3 is 0 Å². The Balaban J connectivity index is 2.01. The van der Waals surface area contributed by atoms with Crippen LogP contribution in [-0.4, -0.2) is 15.9 Å². The molecule has 0 aromatic heterocycles. The van der Waals surface area contributed by atoms with Crippen molar-refractivity contribution >= 4 is 46.2 Å². The third kappa shape index (κ3) is 4.55. The molecule has 2 aromatic rings. The molecule has 150 valence electrons. The summed E-state index contributed by atoms with van der Waals surface area (Å²) >= 11 is 11.2. The Morgan fingerprint density at radius 2 is 1.83 bits per heavy atom. The molecule has 0 fully saturated rings. The van der Waals surface area contributed by atoms with Crippen molar-refractivity contribution in [3.05, 3.63) is 79.5 Å². The van der Waals surface area contributed by atoms with Crippen molar-refractivity contribution < 1.29 is 9.72 Å². The number of carbonyl (C=O) groups is 1. The zero-order valence-corrected chi connectivity index (χ0v) is 17.6. The van der Waals surface area contributed by atoms with E-state index in [-0.39, 0.29) is 16.6 Å². The summed E-state index contributed by atoms with van der Waals surface area (Å²) in [5.41, 5.74) is 3.94. The van der Waals surface area contributed by atoms with Crippen molar-refractivity contribution in [2.24, 2.45) is 0 Å². The van der Waals surface area contributed by atoms with E-state index in [0.717, 1.165) is 11.1 Å². The van der Waals surface area contributed by atoms with Crippen LogP contribution in [-0.2, 0) is 4.79 Å². The fraction of sp³-hybridized carbons (Fsp3) is 0.200. The summed E-state index contributed by atoms with van der Waals surface area (Å²) in [6, 6.07) is 9.53. The lowest BCUT2D eigenvalue weighted by molar-refractivity contribution is -0.384. The molecule has 2 aromatic carbocycles. The summed E-state index contributed by atoms with van der Waals surface area (Å²) < 4.78 is 0. The Labute approximate surface area is 178 Å². The Morgan fingerprint density at radius 1 is 1.17 bits per heavy atom. The van der Waals surface area contributed by atoms with E-state index in [1.807, 2.05) is 32.0 Å². The van der Waals surface area contributed by atoms with Gasteiger partial charge in [0.05, 0.1) is 16.5 Å². The quantitative estimate of drug-likeness (QED) is 0.380. The van der Waals surface area contributed by atoms with Crippen LogP contribution < -0.4 is 16.0 Å². The van der Waals surface area contributed by atoms with Gasteiger partial charge in [0, 0.05) is 17.5 Å². The van der Waals surface area contributed by atoms with Crippen LogP contribution in [0.1, 0.15) is 29.7 Å². The highest BCUT2D eigenvalue weighted by Gasteiger charge is 2.31. The number of allylic oxidation sites excluding steroid dienone is 1. The second-order valence-corrected chi connectivity index (χ2v) is 7.68. The molecule has 0 saturated heterocycles. The molecule has 0 radical (unpaired) electrons. The Morgan fingerprint density at radius 3 is 2.45 bits per heavy atom. The summed E-state index contributed by atoms with van der Waals surface area (Å²) in [6.07, 6.45) is 0. The minimum atomic E-state index is -0.661. The van der Waals surface area contributed by atoms with Crippen LogP contribution in [0.5, 0.6) is 0 Å². The smallest absolute Gasteiger partial charge is 0.288 e. The van der Waals surface area contributed by atoms with Crippen molar-refractivity contribution in [3.63, 3.8) is 0 Å². The van der Waals surface area contributed by atoms with E-state index in [1.165, 1.54) is 12.1 Å². The Bertz CT molecular complexity index is 1050. The predicted octanol–water partition coefficient (Wildman–Crippen LogP) is 4.30. The number of hydrogen-bond donors (Lipinski definition) is 3. The van der Waals surface area contributed by atoms with Gasteiger partial charge in [0.1, 0.15) is 5.02 Å². The molecule has 29 heavy (non-hydrogen) atoms. The van der Waals surface area contributed by atoms with Gasteiger partial charge in [-0.1, -0.05) is 23.7 Å². The molecule has 7 nitrogen and oxygen atoms in total. The maximum atomic E-state index is 13.1. The summed E-state index contributed by atoms with van der Waals surface area (Å²) in [5.74, 6) is -0.336. The molecule has 0 unspecified atom stereocenters. The van der Waals surface area contributed by atoms with Gasteiger partial charge in [-0.15, -0.1) is 0 Å². The molecule has 1 heterocycles. The predicted molar refractivity (Wildman–Crippen MR) is 117 cm³/mol. The number of carbonyl (C=O) groups excluding carboxylic acids is 1. The number of amides is 1. The maximum absolute atomic E-state index is 13.1. The third-order valence-electron chi connectivity index (χ3n) is 4.49. The van der Waals surface area contributed by atoms with E-state index < -0.39 is 11.0 Å². The van der Waals surface area contributed by atoms with E-state index in [2.05, 4.69) is 16.0 Å². The number of nitro groups is 1. The first kappa shape index (κ1) is 20.8. The number of anilines is 1. The lowest BCUT2D eigenvalue weighted by Gasteiger charge is -2.30. The van der Waals surface area contributed by atoms with Gasteiger partial charge in [0.15, 0.2) is 5.11 Å². The number of aryl methyl sites for hydroxylation is 2. The first-order valence-corrected chi connectivity index (χ1v) is 9.56. The number of nitrogens with zero attached hydrogens (tertiary/aromatic N) is 1. The van der Waals surface area contributed by atoms with Gasteiger partial charge in [-0.3, -0.25) is 14.9 Å². The van der Waals surface area contributed by atoms with Gasteiger partial charge in [0.25, 0.3) is 11.6 Å². The van der Waals surface area contributed by atoms with Crippen molar-refractivity contribution in [3.8, 4) is 0 Å². The highest BCUT2D eigenvalue weighted by molar-refractivity contribution is 7.80. The molecule has 1 atom stereocenters. The largest absolute Gasteiger partial charge is 0.351 e. The third-order valence-corrected chi connectivity index (χ3v) is 5.03. The Kier molecular flexibility index (Phi) is 5.86. The molecular formula is C20H19ClN4O3S. The number of nitrogens with one attached hydrogen (secondary N) is 3. The second kappa shape index (κ2) is 8.18. The highest BCUT2D eigenvalue weighted by Crippen LogP contribution is 2.33. The van der Waals surface area contributed by atoms with Gasteiger partial charge in [-0.05, 0) is 67.9 Å². The number of nitro benzene ring substituents is 1. The minimum absolute atomic E-state index is 0.0252. The van der Waals surface area contributed by atoms with E-state index in [4.69, 9.17) is 23.8 Å². The average molecular weight is 431 g/mol. The summed E-state index contributed by atoms with van der Waals surface area (Å²) in [7, 11) is 0.